The van der Waals surface area contributed by atoms with Crippen LogP contribution in [0.15, 0.2) is 18.5 Å². The number of carbonyl (C=O) groups excluding carboxylic acids is 1. The first-order valence-corrected chi connectivity index (χ1v) is 6.90. The molecule has 0 aliphatic carbocycles. The van der Waals surface area contributed by atoms with Crippen molar-refractivity contribution in [2.24, 2.45) is 7.05 Å². The number of aryl methyl sites for hydroxylation is 2. The van der Waals surface area contributed by atoms with Gasteiger partial charge in [-0.15, -0.1) is 0 Å². The van der Waals surface area contributed by atoms with Gasteiger partial charge in [0.15, 0.2) is 0 Å². The molecular formula is C15H20N4O2. The molecule has 2 heterocycles. The smallest absolute Gasteiger partial charge is 0.252 e. The van der Waals surface area contributed by atoms with Crippen molar-refractivity contribution in [1.82, 2.24) is 20.1 Å². The Morgan fingerprint density at radius 3 is 2.76 bits per heavy atom. The van der Waals surface area contributed by atoms with Crippen molar-refractivity contribution < 1.29 is 9.90 Å². The highest BCUT2D eigenvalue weighted by Gasteiger charge is 2.10. The van der Waals surface area contributed by atoms with Crippen LogP contribution in [0.2, 0.25) is 0 Å². The monoisotopic (exact) mass is 288 g/mol. The highest BCUT2D eigenvalue weighted by atomic mass is 16.3. The molecule has 21 heavy (non-hydrogen) atoms. The van der Waals surface area contributed by atoms with Crippen LogP contribution < -0.4 is 5.32 Å². The molecule has 0 aromatic carbocycles. The standard InChI is InChI=1S/C15H20N4O2/c1-10-14(11(2)19(3)18-10)5-4-6-17-15(21)12-7-13(20)9-16-8-12/h7-9,20H,4-6H2,1-3H3,(H,17,21). The lowest BCUT2D eigenvalue weighted by Gasteiger charge is -2.06. The minimum atomic E-state index is -0.224. The first-order chi connectivity index (χ1) is 9.99. The van der Waals surface area contributed by atoms with Crippen molar-refractivity contribution in [3.05, 3.63) is 41.0 Å². The summed E-state index contributed by atoms with van der Waals surface area (Å²) in [5.74, 6) is -0.234. The fraction of sp³-hybridized carbons (Fsp3) is 0.400. The molecule has 0 radical (unpaired) electrons. The molecular weight excluding hydrogens is 268 g/mol. The van der Waals surface area contributed by atoms with Crippen LogP contribution in [0.4, 0.5) is 0 Å². The Hall–Kier alpha value is -2.37. The summed E-state index contributed by atoms with van der Waals surface area (Å²) in [7, 11) is 1.93. The lowest BCUT2D eigenvalue weighted by molar-refractivity contribution is 0.0952. The van der Waals surface area contributed by atoms with Crippen LogP contribution >= 0.6 is 0 Å². The van der Waals surface area contributed by atoms with E-state index in [-0.39, 0.29) is 11.7 Å². The van der Waals surface area contributed by atoms with Crippen LogP contribution in [-0.2, 0) is 13.5 Å². The van der Waals surface area contributed by atoms with Gasteiger partial charge in [0.05, 0.1) is 17.5 Å². The summed E-state index contributed by atoms with van der Waals surface area (Å²) in [6, 6.07) is 1.40. The van der Waals surface area contributed by atoms with E-state index in [4.69, 9.17) is 0 Å². The van der Waals surface area contributed by atoms with Crippen molar-refractivity contribution in [2.45, 2.75) is 26.7 Å². The molecule has 0 saturated carbocycles. The molecule has 0 aliphatic heterocycles. The van der Waals surface area contributed by atoms with Crippen LogP contribution in [0.5, 0.6) is 5.75 Å². The van der Waals surface area contributed by atoms with E-state index in [1.807, 2.05) is 25.6 Å². The number of hydrogen-bond acceptors (Lipinski definition) is 4. The molecule has 0 unspecified atom stereocenters. The predicted molar refractivity (Wildman–Crippen MR) is 79.2 cm³/mol. The summed E-state index contributed by atoms with van der Waals surface area (Å²) >= 11 is 0. The van der Waals surface area contributed by atoms with E-state index in [1.54, 1.807) is 0 Å². The van der Waals surface area contributed by atoms with E-state index >= 15 is 0 Å². The largest absolute Gasteiger partial charge is 0.506 e. The van der Waals surface area contributed by atoms with Gasteiger partial charge in [0.25, 0.3) is 5.91 Å². The second-order valence-electron chi connectivity index (χ2n) is 5.06. The third-order valence-corrected chi connectivity index (χ3v) is 3.53. The number of rotatable bonds is 5. The minimum Gasteiger partial charge on any atom is -0.506 e. The average molecular weight is 288 g/mol. The van der Waals surface area contributed by atoms with Crippen LogP contribution in [0.3, 0.4) is 0 Å². The molecule has 0 fully saturated rings. The highest BCUT2D eigenvalue weighted by Crippen LogP contribution is 2.13. The topological polar surface area (TPSA) is 80.0 Å². The molecule has 0 atom stereocenters. The van der Waals surface area contributed by atoms with Gasteiger partial charge < -0.3 is 10.4 Å². The van der Waals surface area contributed by atoms with E-state index < -0.39 is 0 Å². The van der Waals surface area contributed by atoms with Gasteiger partial charge in [-0.05, 0) is 38.3 Å². The number of nitrogens with one attached hydrogen (secondary N) is 1. The van der Waals surface area contributed by atoms with Gasteiger partial charge in [0.1, 0.15) is 5.75 Å². The van der Waals surface area contributed by atoms with Crippen molar-refractivity contribution in [1.29, 1.82) is 0 Å². The summed E-state index contributed by atoms with van der Waals surface area (Å²) in [5.41, 5.74) is 3.81. The van der Waals surface area contributed by atoms with Gasteiger partial charge in [-0.2, -0.15) is 5.10 Å². The zero-order chi connectivity index (χ0) is 15.4. The Morgan fingerprint density at radius 2 is 2.14 bits per heavy atom. The number of aromatic nitrogens is 3. The molecule has 0 bridgehead atoms. The molecule has 2 aromatic rings. The number of amides is 1. The summed E-state index contributed by atoms with van der Waals surface area (Å²) in [6.07, 6.45) is 4.45. The summed E-state index contributed by atoms with van der Waals surface area (Å²) in [5, 5.41) is 16.5. The van der Waals surface area contributed by atoms with E-state index in [0.717, 1.165) is 24.2 Å². The summed E-state index contributed by atoms with van der Waals surface area (Å²) < 4.78 is 1.88. The van der Waals surface area contributed by atoms with Gasteiger partial charge in [-0.25, -0.2) is 0 Å². The molecule has 6 heteroatoms. The first-order valence-electron chi connectivity index (χ1n) is 6.90. The second-order valence-corrected chi connectivity index (χ2v) is 5.06. The molecule has 0 saturated heterocycles. The lowest BCUT2D eigenvalue weighted by atomic mass is 10.1. The molecule has 2 aromatic heterocycles. The number of nitrogens with zero attached hydrogens (tertiary/aromatic N) is 3. The second kappa shape index (κ2) is 6.39. The maximum atomic E-state index is 11.9. The zero-order valence-corrected chi connectivity index (χ0v) is 12.6. The van der Waals surface area contributed by atoms with Gasteiger partial charge in [-0.1, -0.05) is 0 Å². The minimum absolute atomic E-state index is 0.00994. The van der Waals surface area contributed by atoms with E-state index in [9.17, 15) is 9.90 Å². The Bertz CT molecular complexity index is 649. The summed E-state index contributed by atoms with van der Waals surface area (Å²) in [6.45, 7) is 4.62. The predicted octanol–water partition coefficient (Wildman–Crippen LogP) is 1.50. The number of pyridine rings is 1. The fourth-order valence-electron chi connectivity index (χ4n) is 2.30. The van der Waals surface area contributed by atoms with Crippen molar-refractivity contribution in [3.8, 4) is 5.75 Å². The Labute approximate surface area is 123 Å². The molecule has 1 amide bonds. The molecule has 112 valence electrons. The van der Waals surface area contributed by atoms with Crippen LogP contribution in [0, 0.1) is 13.8 Å². The summed E-state index contributed by atoms with van der Waals surface area (Å²) in [4.78, 5) is 15.7. The van der Waals surface area contributed by atoms with E-state index in [2.05, 4.69) is 15.4 Å². The average Bonchev–Trinajstić information content (AvgIpc) is 2.69. The number of carbonyl (C=O) groups is 1. The Kier molecular flexibility index (Phi) is 4.57. The first kappa shape index (κ1) is 15.0. The van der Waals surface area contributed by atoms with E-state index in [1.165, 1.54) is 24.0 Å². The third kappa shape index (κ3) is 3.59. The van der Waals surface area contributed by atoms with Crippen molar-refractivity contribution >= 4 is 5.91 Å². The number of hydrogen-bond donors (Lipinski definition) is 2. The SMILES string of the molecule is Cc1nn(C)c(C)c1CCCNC(=O)c1cncc(O)c1. The molecule has 0 aliphatic rings. The van der Waals surface area contributed by atoms with Crippen molar-refractivity contribution in [2.75, 3.05) is 6.54 Å². The van der Waals surface area contributed by atoms with Gasteiger partial charge in [0, 0.05) is 25.5 Å². The molecule has 2 rings (SSSR count). The molecule has 0 spiro atoms. The highest BCUT2D eigenvalue weighted by molar-refractivity contribution is 5.94. The quantitative estimate of drug-likeness (QED) is 0.817. The fourth-order valence-corrected chi connectivity index (χ4v) is 2.30. The van der Waals surface area contributed by atoms with Crippen LogP contribution in [0.1, 0.15) is 33.7 Å². The van der Waals surface area contributed by atoms with Gasteiger partial charge in [-0.3, -0.25) is 14.5 Å². The molecule has 6 nitrogen and oxygen atoms in total. The maximum absolute atomic E-state index is 11.9. The zero-order valence-electron chi connectivity index (χ0n) is 12.6. The Morgan fingerprint density at radius 1 is 1.38 bits per heavy atom. The van der Waals surface area contributed by atoms with Crippen LogP contribution in [-0.4, -0.2) is 32.3 Å². The third-order valence-electron chi connectivity index (χ3n) is 3.53. The Balaban J connectivity index is 1.83. The maximum Gasteiger partial charge on any atom is 0.252 e. The van der Waals surface area contributed by atoms with Gasteiger partial charge >= 0.3 is 0 Å². The lowest BCUT2D eigenvalue weighted by Crippen LogP contribution is -2.24. The normalized spacial score (nSPS) is 10.6. The van der Waals surface area contributed by atoms with Crippen molar-refractivity contribution in [3.63, 3.8) is 0 Å². The van der Waals surface area contributed by atoms with Crippen LogP contribution in [0.25, 0.3) is 0 Å². The van der Waals surface area contributed by atoms with Gasteiger partial charge in [0.2, 0.25) is 0 Å². The molecule has 2 N–H and O–H groups in total. The van der Waals surface area contributed by atoms with E-state index in [0.29, 0.717) is 12.1 Å². The number of aromatic hydroxyl groups is 1.